The lowest BCUT2D eigenvalue weighted by molar-refractivity contribution is -0.176. The van der Waals surface area contributed by atoms with E-state index in [-0.39, 0.29) is 6.42 Å². The first kappa shape index (κ1) is 16.3. The molecule has 10 heteroatoms. The van der Waals surface area contributed by atoms with E-state index in [1.165, 1.54) is 12.7 Å². The predicted octanol–water partition coefficient (Wildman–Crippen LogP) is -0.306. The topological polar surface area (TPSA) is 163 Å². The van der Waals surface area contributed by atoms with E-state index >= 15 is 0 Å². The van der Waals surface area contributed by atoms with Gasteiger partial charge in [-0.25, -0.2) is 15.0 Å². The third kappa shape index (κ3) is 3.84. The summed E-state index contributed by atoms with van der Waals surface area (Å²) >= 11 is 0. The van der Waals surface area contributed by atoms with Crippen LogP contribution in [-0.2, 0) is 14.4 Å². The zero-order valence-corrected chi connectivity index (χ0v) is 10.9. The first-order valence-corrected chi connectivity index (χ1v) is 5.97. The van der Waals surface area contributed by atoms with Crippen LogP contribution in [-0.4, -0.2) is 54.7 Å². The standard InChI is InChI=1S/C11H14N4O6/c16-7(17)11(8(18)19,9(20)21)3-1-2-4-13-10-14-5-12-6-15-10/h5-6H,1-4H2,(H,16,17)(H,18,19)(H,20,21)(H,12,13,14,15). The number of hydrogen-bond acceptors (Lipinski definition) is 7. The Morgan fingerprint density at radius 2 is 1.52 bits per heavy atom. The average molecular weight is 298 g/mol. The molecule has 0 aromatic carbocycles. The Balaban J connectivity index is 2.50. The molecule has 0 atom stereocenters. The Labute approximate surface area is 118 Å². The third-order valence-corrected chi connectivity index (χ3v) is 2.85. The molecule has 0 bridgehead atoms. The van der Waals surface area contributed by atoms with Gasteiger partial charge in [0.2, 0.25) is 5.95 Å². The highest BCUT2D eigenvalue weighted by Crippen LogP contribution is 2.26. The molecule has 1 rings (SSSR count). The van der Waals surface area contributed by atoms with Crippen LogP contribution < -0.4 is 5.32 Å². The molecule has 0 radical (unpaired) electrons. The smallest absolute Gasteiger partial charge is 0.332 e. The van der Waals surface area contributed by atoms with Gasteiger partial charge in [-0.2, -0.15) is 0 Å². The Kier molecular flexibility index (Phi) is 5.52. The van der Waals surface area contributed by atoms with Crippen molar-refractivity contribution in [2.75, 3.05) is 11.9 Å². The molecule has 0 aliphatic rings. The first-order valence-electron chi connectivity index (χ1n) is 5.97. The molecule has 0 saturated carbocycles. The van der Waals surface area contributed by atoms with E-state index in [2.05, 4.69) is 20.3 Å². The first-order chi connectivity index (χ1) is 9.91. The largest absolute Gasteiger partial charge is 0.480 e. The van der Waals surface area contributed by atoms with Gasteiger partial charge < -0.3 is 20.6 Å². The van der Waals surface area contributed by atoms with Crippen LogP contribution in [0.5, 0.6) is 0 Å². The fourth-order valence-electron chi connectivity index (χ4n) is 1.64. The van der Waals surface area contributed by atoms with Crippen molar-refractivity contribution in [3.05, 3.63) is 12.7 Å². The van der Waals surface area contributed by atoms with Gasteiger partial charge in [0.15, 0.2) is 0 Å². The number of nitrogens with zero attached hydrogens (tertiary/aromatic N) is 3. The zero-order valence-electron chi connectivity index (χ0n) is 10.9. The van der Waals surface area contributed by atoms with Crippen LogP contribution in [0.1, 0.15) is 19.3 Å². The molecular formula is C11H14N4O6. The van der Waals surface area contributed by atoms with E-state index in [0.717, 1.165) is 0 Å². The molecule has 0 spiro atoms. The molecule has 0 amide bonds. The van der Waals surface area contributed by atoms with Gasteiger partial charge >= 0.3 is 17.9 Å². The van der Waals surface area contributed by atoms with Crippen molar-refractivity contribution in [1.82, 2.24) is 15.0 Å². The fraction of sp³-hybridized carbons (Fsp3) is 0.455. The van der Waals surface area contributed by atoms with Crippen LogP contribution >= 0.6 is 0 Å². The van der Waals surface area contributed by atoms with Crippen LogP contribution in [0, 0.1) is 5.41 Å². The highest BCUT2D eigenvalue weighted by atomic mass is 16.4. The minimum atomic E-state index is -2.81. The summed E-state index contributed by atoms with van der Waals surface area (Å²) in [4.78, 5) is 44.2. The van der Waals surface area contributed by atoms with E-state index < -0.39 is 29.7 Å². The molecule has 1 aromatic rings. The number of carbonyl (C=O) groups is 3. The maximum atomic E-state index is 11.0. The van der Waals surface area contributed by atoms with Gasteiger partial charge in [-0.1, -0.05) is 0 Å². The lowest BCUT2D eigenvalue weighted by Crippen LogP contribution is -2.46. The van der Waals surface area contributed by atoms with Crippen molar-refractivity contribution in [2.45, 2.75) is 19.3 Å². The van der Waals surface area contributed by atoms with Crippen molar-refractivity contribution in [1.29, 1.82) is 0 Å². The predicted molar refractivity (Wildman–Crippen MR) is 67.5 cm³/mol. The summed E-state index contributed by atoms with van der Waals surface area (Å²) in [6.07, 6.45) is 2.54. The molecular weight excluding hydrogens is 284 g/mol. The minimum absolute atomic E-state index is 0.100. The van der Waals surface area contributed by atoms with Crippen LogP contribution in [0.3, 0.4) is 0 Å². The van der Waals surface area contributed by atoms with Crippen LogP contribution in [0.2, 0.25) is 0 Å². The Morgan fingerprint density at radius 3 is 2.00 bits per heavy atom. The molecule has 0 aliphatic heterocycles. The van der Waals surface area contributed by atoms with Crippen molar-refractivity contribution < 1.29 is 29.7 Å². The molecule has 1 aromatic heterocycles. The van der Waals surface area contributed by atoms with Crippen LogP contribution in [0.15, 0.2) is 12.7 Å². The number of hydrogen-bond donors (Lipinski definition) is 4. The van der Waals surface area contributed by atoms with Gasteiger partial charge in [-0.05, 0) is 19.3 Å². The zero-order chi connectivity index (χ0) is 15.9. The molecule has 10 nitrogen and oxygen atoms in total. The van der Waals surface area contributed by atoms with Crippen LogP contribution in [0.25, 0.3) is 0 Å². The normalized spacial score (nSPS) is 10.9. The second kappa shape index (κ2) is 7.12. The molecule has 4 N–H and O–H groups in total. The summed E-state index contributed by atoms with van der Waals surface area (Å²) in [5.74, 6) is -5.32. The van der Waals surface area contributed by atoms with Gasteiger partial charge in [-0.15, -0.1) is 0 Å². The van der Waals surface area contributed by atoms with Crippen molar-refractivity contribution in [2.24, 2.45) is 5.41 Å². The van der Waals surface area contributed by atoms with Crippen LogP contribution in [0.4, 0.5) is 5.95 Å². The molecule has 21 heavy (non-hydrogen) atoms. The van der Waals surface area contributed by atoms with Crippen molar-refractivity contribution >= 4 is 23.9 Å². The molecule has 0 fully saturated rings. The highest BCUT2D eigenvalue weighted by Gasteiger charge is 2.53. The van der Waals surface area contributed by atoms with Gasteiger partial charge in [0.25, 0.3) is 5.41 Å². The van der Waals surface area contributed by atoms with Crippen molar-refractivity contribution in [3.63, 3.8) is 0 Å². The SMILES string of the molecule is O=C(O)C(CCCCNc1ncncn1)(C(=O)O)C(=O)O. The Morgan fingerprint density at radius 1 is 1.00 bits per heavy atom. The van der Waals surface area contributed by atoms with E-state index in [1.54, 1.807) is 0 Å². The number of aromatic nitrogens is 3. The number of rotatable bonds is 9. The monoisotopic (exact) mass is 298 g/mol. The molecule has 0 aliphatic carbocycles. The quantitative estimate of drug-likeness (QED) is 0.351. The van der Waals surface area contributed by atoms with Crippen molar-refractivity contribution in [3.8, 4) is 0 Å². The Bertz CT molecular complexity index is 485. The number of unbranched alkanes of at least 4 members (excludes halogenated alkanes) is 1. The third-order valence-electron chi connectivity index (χ3n) is 2.85. The summed E-state index contributed by atoms with van der Waals surface area (Å²) in [5.41, 5.74) is -2.81. The van der Waals surface area contributed by atoms with Gasteiger partial charge in [0, 0.05) is 6.54 Å². The summed E-state index contributed by atoms with van der Waals surface area (Å²) in [5, 5.41) is 29.5. The Hall–Kier alpha value is -2.78. The summed E-state index contributed by atoms with van der Waals surface area (Å²) in [7, 11) is 0. The second-order valence-corrected chi connectivity index (χ2v) is 4.17. The number of anilines is 1. The number of aliphatic carboxylic acids is 3. The lowest BCUT2D eigenvalue weighted by Gasteiger charge is -2.19. The van der Waals surface area contributed by atoms with E-state index in [0.29, 0.717) is 18.9 Å². The molecule has 0 unspecified atom stereocenters. The maximum Gasteiger partial charge on any atom is 0.332 e. The molecule has 114 valence electrons. The van der Waals surface area contributed by atoms with E-state index in [9.17, 15) is 14.4 Å². The highest BCUT2D eigenvalue weighted by molar-refractivity contribution is 6.16. The van der Waals surface area contributed by atoms with Gasteiger partial charge in [0.1, 0.15) is 12.7 Å². The lowest BCUT2D eigenvalue weighted by atomic mass is 9.83. The maximum absolute atomic E-state index is 11.0. The van der Waals surface area contributed by atoms with Gasteiger partial charge in [-0.3, -0.25) is 14.4 Å². The van der Waals surface area contributed by atoms with E-state index in [1.807, 2.05) is 0 Å². The number of nitrogens with one attached hydrogen (secondary N) is 1. The van der Waals surface area contributed by atoms with Gasteiger partial charge in [0.05, 0.1) is 0 Å². The number of carboxylic acids is 3. The minimum Gasteiger partial charge on any atom is -0.480 e. The second-order valence-electron chi connectivity index (χ2n) is 4.17. The average Bonchev–Trinajstić information content (AvgIpc) is 2.42. The summed E-state index contributed by atoms with van der Waals surface area (Å²) in [6, 6.07) is 0. The summed E-state index contributed by atoms with van der Waals surface area (Å²) in [6.45, 7) is 0.346. The fourth-order valence-corrected chi connectivity index (χ4v) is 1.64. The summed E-state index contributed by atoms with van der Waals surface area (Å²) < 4.78 is 0. The number of carboxylic acid groups (broad SMARTS) is 3. The molecule has 0 saturated heterocycles. The molecule has 1 heterocycles. The van der Waals surface area contributed by atoms with E-state index in [4.69, 9.17) is 15.3 Å².